The molecule has 1 saturated carbocycles. The minimum atomic E-state index is -4.60. The lowest BCUT2D eigenvalue weighted by atomic mass is 9.79. The summed E-state index contributed by atoms with van der Waals surface area (Å²) in [6, 6.07) is 5.64. The van der Waals surface area contributed by atoms with Crippen molar-refractivity contribution in [2.45, 2.75) is 37.5 Å². The van der Waals surface area contributed by atoms with Gasteiger partial charge in [-0.1, -0.05) is 11.6 Å². The maximum absolute atomic E-state index is 12.9. The van der Waals surface area contributed by atoms with Crippen LogP contribution >= 0.6 is 22.9 Å². The summed E-state index contributed by atoms with van der Waals surface area (Å²) in [7, 11) is 0. The first-order valence-electron chi connectivity index (χ1n) is 9.93. The van der Waals surface area contributed by atoms with Gasteiger partial charge in [0, 0.05) is 23.1 Å². The summed E-state index contributed by atoms with van der Waals surface area (Å²) in [5, 5.41) is 23.7. The summed E-state index contributed by atoms with van der Waals surface area (Å²) in [6.45, 7) is 0. The lowest BCUT2D eigenvalue weighted by Crippen LogP contribution is -2.33. The SMILES string of the molecule is O=C(O)[C@H]1CC[C@@](O)(c2ncc(-c3cc(Cl)cc(Nc4nccc(C(F)(F)F)n4)c3)s2)CC1. The van der Waals surface area contributed by atoms with Crippen LogP contribution in [0.2, 0.25) is 5.02 Å². The van der Waals surface area contributed by atoms with E-state index < -0.39 is 29.4 Å². The van der Waals surface area contributed by atoms with E-state index in [1.165, 1.54) is 17.4 Å². The molecule has 12 heteroatoms. The first-order chi connectivity index (χ1) is 15.5. The second-order valence-electron chi connectivity index (χ2n) is 7.79. The van der Waals surface area contributed by atoms with Crippen LogP contribution in [0, 0.1) is 5.92 Å². The van der Waals surface area contributed by atoms with Crippen molar-refractivity contribution in [1.29, 1.82) is 0 Å². The molecular weight excluding hydrogens is 481 g/mol. The van der Waals surface area contributed by atoms with Crippen molar-refractivity contribution in [3.05, 3.63) is 52.4 Å². The standard InChI is InChI=1S/C21H18ClF3N4O3S/c22-13-7-12(8-14(9-13)28-19-26-6-3-16(29-19)21(23,24)25)15-10-27-18(33-15)20(32)4-1-11(2-5-20)17(30)31/h3,6-11,32H,1-2,4-5H2,(H,30,31)(H,26,28,29)/t11-,20-. The number of halogens is 4. The van der Waals surface area contributed by atoms with E-state index in [2.05, 4.69) is 20.3 Å². The fourth-order valence-electron chi connectivity index (χ4n) is 3.69. The van der Waals surface area contributed by atoms with E-state index in [0.717, 1.165) is 12.3 Å². The van der Waals surface area contributed by atoms with Crippen molar-refractivity contribution in [3.63, 3.8) is 0 Å². The first-order valence-corrected chi connectivity index (χ1v) is 11.1. The van der Waals surface area contributed by atoms with Gasteiger partial charge in [-0.05, 0) is 55.5 Å². The van der Waals surface area contributed by atoms with Gasteiger partial charge < -0.3 is 15.5 Å². The Hall–Kier alpha value is -2.76. The lowest BCUT2D eigenvalue weighted by Gasteiger charge is -2.32. The normalized spacial score (nSPS) is 21.1. The predicted molar refractivity (Wildman–Crippen MR) is 116 cm³/mol. The molecule has 0 saturated heterocycles. The molecule has 1 aliphatic carbocycles. The van der Waals surface area contributed by atoms with E-state index in [1.807, 2.05) is 0 Å². The van der Waals surface area contributed by atoms with Gasteiger partial charge in [-0.15, -0.1) is 11.3 Å². The quantitative estimate of drug-likeness (QED) is 0.427. The fraction of sp³-hybridized carbons (Fsp3) is 0.333. The molecule has 33 heavy (non-hydrogen) atoms. The second kappa shape index (κ2) is 8.88. The number of thiazole rings is 1. The third-order valence-electron chi connectivity index (χ3n) is 5.45. The van der Waals surface area contributed by atoms with E-state index in [-0.39, 0.29) is 5.95 Å². The van der Waals surface area contributed by atoms with Gasteiger partial charge in [0.1, 0.15) is 16.3 Å². The van der Waals surface area contributed by atoms with E-state index in [9.17, 15) is 23.1 Å². The number of nitrogens with one attached hydrogen (secondary N) is 1. The van der Waals surface area contributed by atoms with Crippen LogP contribution in [0.4, 0.5) is 24.8 Å². The van der Waals surface area contributed by atoms with Gasteiger partial charge in [0.05, 0.1) is 10.8 Å². The highest BCUT2D eigenvalue weighted by Crippen LogP contribution is 2.43. The van der Waals surface area contributed by atoms with Crippen LogP contribution in [0.15, 0.2) is 36.7 Å². The van der Waals surface area contributed by atoms with Gasteiger partial charge in [-0.2, -0.15) is 13.2 Å². The molecule has 1 fully saturated rings. The number of aliphatic carboxylic acids is 1. The molecule has 3 aromatic rings. The van der Waals surface area contributed by atoms with Crippen molar-refractivity contribution >= 4 is 40.5 Å². The van der Waals surface area contributed by atoms with Crippen LogP contribution in [0.25, 0.3) is 10.4 Å². The molecule has 2 aromatic heterocycles. The Morgan fingerprint density at radius 1 is 1.21 bits per heavy atom. The summed E-state index contributed by atoms with van der Waals surface area (Å²) in [6.07, 6.45) is -0.678. The highest BCUT2D eigenvalue weighted by Gasteiger charge is 2.39. The van der Waals surface area contributed by atoms with Crippen molar-refractivity contribution in [2.75, 3.05) is 5.32 Å². The number of benzene rings is 1. The molecule has 0 aliphatic heterocycles. The van der Waals surface area contributed by atoms with Crippen molar-refractivity contribution < 1.29 is 28.2 Å². The van der Waals surface area contributed by atoms with Crippen LogP contribution in [-0.4, -0.2) is 31.1 Å². The molecule has 0 radical (unpaired) electrons. The molecular formula is C21H18ClF3N4O3S. The van der Waals surface area contributed by atoms with Crippen LogP contribution in [0.1, 0.15) is 36.4 Å². The van der Waals surface area contributed by atoms with Crippen LogP contribution in [0.5, 0.6) is 0 Å². The van der Waals surface area contributed by atoms with E-state index in [1.54, 1.807) is 18.3 Å². The zero-order valence-electron chi connectivity index (χ0n) is 16.9. The molecule has 0 atom stereocenters. The minimum absolute atomic E-state index is 0.229. The summed E-state index contributed by atoms with van der Waals surface area (Å²) in [5.41, 5.74) is -1.24. The van der Waals surface area contributed by atoms with Crippen molar-refractivity contribution in [3.8, 4) is 10.4 Å². The molecule has 7 nitrogen and oxygen atoms in total. The summed E-state index contributed by atoms with van der Waals surface area (Å²) < 4.78 is 38.7. The van der Waals surface area contributed by atoms with Gasteiger partial charge in [0.25, 0.3) is 0 Å². The Morgan fingerprint density at radius 2 is 1.94 bits per heavy atom. The number of rotatable bonds is 5. The average molecular weight is 499 g/mol. The smallest absolute Gasteiger partial charge is 0.433 e. The Kier molecular flexibility index (Phi) is 6.30. The minimum Gasteiger partial charge on any atom is -0.481 e. The number of carboxylic acid groups (broad SMARTS) is 1. The van der Waals surface area contributed by atoms with Crippen LogP contribution < -0.4 is 5.32 Å². The van der Waals surface area contributed by atoms with Gasteiger partial charge in [-0.3, -0.25) is 4.79 Å². The van der Waals surface area contributed by atoms with Crippen molar-refractivity contribution in [1.82, 2.24) is 15.0 Å². The largest absolute Gasteiger partial charge is 0.481 e. The number of aromatic nitrogens is 3. The van der Waals surface area contributed by atoms with Crippen LogP contribution in [0.3, 0.4) is 0 Å². The zero-order chi connectivity index (χ0) is 23.8. The third kappa shape index (κ3) is 5.26. The predicted octanol–water partition coefficient (Wildman–Crippen LogP) is 5.48. The molecule has 0 bridgehead atoms. The molecule has 2 heterocycles. The molecule has 0 spiro atoms. The van der Waals surface area contributed by atoms with Gasteiger partial charge in [0.15, 0.2) is 0 Å². The highest BCUT2D eigenvalue weighted by molar-refractivity contribution is 7.15. The van der Waals surface area contributed by atoms with Gasteiger partial charge in [0.2, 0.25) is 5.95 Å². The Balaban J connectivity index is 1.56. The monoisotopic (exact) mass is 498 g/mol. The third-order valence-corrected chi connectivity index (χ3v) is 6.91. The van der Waals surface area contributed by atoms with E-state index >= 15 is 0 Å². The Labute approximate surface area is 195 Å². The number of carboxylic acids is 1. The molecule has 1 aliphatic rings. The maximum Gasteiger partial charge on any atom is 0.433 e. The topological polar surface area (TPSA) is 108 Å². The van der Waals surface area contributed by atoms with Gasteiger partial charge >= 0.3 is 12.1 Å². The maximum atomic E-state index is 12.9. The molecule has 174 valence electrons. The summed E-state index contributed by atoms with van der Waals surface area (Å²) in [4.78, 5) is 23.5. The number of carbonyl (C=O) groups is 1. The molecule has 4 rings (SSSR count). The number of hydrogen-bond acceptors (Lipinski definition) is 7. The van der Waals surface area contributed by atoms with E-state index in [4.69, 9.17) is 16.7 Å². The average Bonchev–Trinajstić information content (AvgIpc) is 3.25. The first kappa shape index (κ1) is 23.4. The van der Waals surface area contributed by atoms with Crippen LogP contribution in [-0.2, 0) is 16.6 Å². The van der Waals surface area contributed by atoms with E-state index in [0.29, 0.717) is 51.8 Å². The molecule has 0 unspecified atom stereocenters. The number of nitrogens with zero attached hydrogens (tertiary/aromatic N) is 3. The molecule has 0 amide bonds. The zero-order valence-corrected chi connectivity index (χ0v) is 18.5. The Morgan fingerprint density at radius 3 is 2.61 bits per heavy atom. The number of alkyl halides is 3. The molecule has 3 N–H and O–H groups in total. The fourth-order valence-corrected chi connectivity index (χ4v) is 4.97. The van der Waals surface area contributed by atoms with Gasteiger partial charge in [-0.25, -0.2) is 15.0 Å². The second-order valence-corrected chi connectivity index (χ2v) is 9.26. The molecule has 1 aromatic carbocycles. The number of hydrogen-bond donors (Lipinski definition) is 3. The Bertz CT molecular complexity index is 1180. The summed E-state index contributed by atoms with van der Waals surface area (Å²) in [5.74, 6) is -1.56. The summed E-state index contributed by atoms with van der Waals surface area (Å²) >= 11 is 7.47. The highest BCUT2D eigenvalue weighted by atomic mass is 35.5. The lowest BCUT2D eigenvalue weighted by molar-refractivity contribution is -0.145. The number of aliphatic hydroxyl groups is 1. The van der Waals surface area contributed by atoms with Crippen molar-refractivity contribution in [2.24, 2.45) is 5.92 Å². The number of anilines is 2.